The molecule has 0 aliphatic heterocycles. The molecule has 1 rings (SSSR count). The molecular weight excluding hydrogens is 158 g/mol. The predicted octanol–water partition coefficient (Wildman–Crippen LogP) is 2.54. The summed E-state index contributed by atoms with van der Waals surface area (Å²) in [5.74, 6) is 0. The number of hydrogen-bond acceptors (Lipinski definition) is 0. The van der Waals surface area contributed by atoms with Gasteiger partial charge in [0.2, 0.25) is 0 Å². The Bertz CT molecular complexity index is 308. The highest BCUT2D eigenvalue weighted by Gasteiger charge is 2.17. The first-order chi connectivity index (χ1) is 6.00. The van der Waals surface area contributed by atoms with E-state index in [4.69, 9.17) is 0 Å². The molecule has 0 N–H and O–H groups in total. The first-order valence-electron chi connectivity index (χ1n) is 4.97. The van der Waals surface area contributed by atoms with E-state index >= 15 is 0 Å². The molecule has 0 saturated heterocycles. The third-order valence-corrected chi connectivity index (χ3v) is 3.34. The van der Waals surface area contributed by atoms with Crippen molar-refractivity contribution in [1.82, 2.24) is 0 Å². The quantitative estimate of drug-likeness (QED) is 0.582. The molecule has 0 aromatic carbocycles. The van der Waals surface area contributed by atoms with Crippen molar-refractivity contribution in [2.75, 3.05) is 0 Å². The first kappa shape index (κ1) is 10.2. The van der Waals surface area contributed by atoms with Gasteiger partial charge in [0.25, 0.3) is 0 Å². The van der Waals surface area contributed by atoms with Gasteiger partial charge in [-0.05, 0) is 33.3 Å². The topological polar surface area (TPSA) is 3.88 Å². The van der Waals surface area contributed by atoms with Gasteiger partial charge in [-0.1, -0.05) is 0 Å². The normalized spacial score (nSPS) is 10.6. The second-order valence-corrected chi connectivity index (χ2v) is 3.79. The van der Waals surface area contributed by atoms with Gasteiger partial charge in [-0.25, -0.2) is 4.57 Å². The molecule has 0 unspecified atom stereocenters. The van der Waals surface area contributed by atoms with Crippen molar-refractivity contribution >= 4 is 0 Å². The third-order valence-electron chi connectivity index (χ3n) is 3.34. The van der Waals surface area contributed by atoms with Crippen LogP contribution in [-0.4, -0.2) is 0 Å². The van der Waals surface area contributed by atoms with Crippen molar-refractivity contribution in [2.45, 2.75) is 48.1 Å². The van der Waals surface area contributed by atoms with Crippen LogP contribution in [-0.2, 0) is 6.54 Å². The monoisotopic (exact) mass is 178 g/mol. The van der Waals surface area contributed by atoms with Gasteiger partial charge in [0, 0.05) is 25.0 Å². The highest BCUT2D eigenvalue weighted by molar-refractivity contribution is 5.33. The van der Waals surface area contributed by atoms with Crippen LogP contribution < -0.4 is 4.57 Å². The van der Waals surface area contributed by atoms with Crippen molar-refractivity contribution in [3.63, 3.8) is 0 Å². The Morgan fingerprint density at radius 3 is 1.46 bits per heavy atom. The average Bonchev–Trinajstić information content (AvgIpc) is 2.13. The lowest BCUT2D eigenvalue weighted by molar-refractivity contribution is -0.705. The summed E-state index contributed by atoms with van der Waals surface area (Å²) in [5.41, 5.74) is 7.13. The zero-order chi connectivity index (χ0) is 10.2. The molecule has 0 aliphatic carbocycles. The van der Waals surface area contributed by atoms with Crippen LogP contribution in [0.25, 0.3) is 0 Å². The molecule has 0 saturated carbocycles. The molecule has 1 heterocycles. The van der Waals surface area contributed by atoms with E-state index < -0.39 is 0 Å². The van der Waals surface area contributed by atoms with Crippen molar-refractivity contribution in [2.24, 2.45) is 0 Å². The maximum absolute atomic E-state index is 2.39. The number of aromatic nitrogens is 1. The molecule has 0 bridgehead atoms. The van der Waals surface area contributed by atoms with Crippen LogP contribution >= 0.6 is 0 Å². The Morgan fingerprint density at radius 1 is 0.769 bits per heavy atom. The van der Waals surface area contributed by atoms with Crippen LogP contribution in [0.1, 0.15) is 35.0 Å². The van der Waals surface area contributed by atoms with E-state index in [1.807, 2.05) is 0 Å². The van der Waals surface area contributed by atoms with Gasteiger partial charge in [0.15, 0.2) is 11.4 Å². The number of rotatable bonds is 1. The van der Waals surface area contributed by atoms with Crippen molar-refractivity contribution in [3.05, 3.63) is 28.1 Å². The fraction of sp³-hybridized carbons (Fsp3) is 0.583. The van der Waals surface area contributed by atoms with E-state index in [9.17, 15) is 0 Å². The van der Waals surface area contributed by atoms with Crippen LogP contribution in [0.3, 0.4) is 0 Å². The molecule has 0 amide bonds. The minimum Gasteiger partial charge on any atom is -0.200 e. The van der Waals surface area contributed by atoms with Crippen molar-refractivity contribution in [1.29, 1.82) is 0 Å². The van der Waals surface area contributed by atoms with E-state index in [-0.39, 0.29) is 0 Å². The molecule has 1 aromatic rings. The Morgan fingerprint density at radius 2 is 1.15 bits per heavy atom. The predicted molar refractivity (Wildman–Crippen MR) is 56.0 cm³/mol. The zero-order valence-corrected chi connectivity index (χ0v) is 9.65. The summed E-state index contributed by atoms with van der Waals surface area (Å²) in [6.07, 6.45) is 0. The van der Waals surface area contributed by atoms with E-state index in [0.717, 1.165) is 6.54 Å². The van der Waals surface area contributed by atoms with Gasteiger partial charge in [-0.2, -0.15) is 0 Å². The summed E-state index contributed by atoms with van der Waals surface area (Å²) in [6.45, 7) is 14.3. The Labute approximate surface area is 81.4 Å². The summed E-state index contributed by atoms with van der Waals surface area (Å²) in [4.78, 5) is 0. The fourth-order valence-corrected chi connectivity index (χ4v) is 1.95. The number of pyridine rings is 1. The summed E-state index contributed by atoms with van der Waals surface area (Å²) in [5, 5.41) is 0. The SMILES string of the molecule is CC[n+]1c(C)c(C)c(C)c(C)c1C. The smallest absolute Gasteiger partial charge is 0.181 e. The minimum atomic E-state index is 1.07. The Hall–Kier alpha value is -0.850. The molecule has 0 atom stereocenters. The maximum atomic E-state index is 2.39. The van der Waals surface area contributed by atoms with E-state index in [2.05, 4.69) is 46.1 Å². The van der Waals surface area contributed by atoms with Gasteiger partial charge in [-0.3, -0.25) is 0 Å². The van der Waals surface area contributed by atoms with Crippen LogP contribution in [0.15, 0.2) is 0 Å². The molecule has 72 valence electrons. The van der Waals surface area contributed by atoms with Gasteiger partial charge in [-0.15, -0.1) is 0 Å². The molecule has 1 nitrogen and oxygen atoms in total. The maximum Gasteiger partial charge on any atom is 0.181 e. The third kappa shape index (κ3) is 1.48. The lowest BCUT2D eigenvalue weighted by Gasteiger charge is -2.11. The van der Waals surface area contributed by atoms with Crippen LogP contribution in [0.2, 0.25) is 0 Å². The second kappa shape index (κ2) is 3.49. The van der Waals surface area contributed by atoms with Crippen molar-refractivity contribution in [3.8, 4) is 0 Å². The highest BCUT2D eigenvalue weighted by Crippen LogP contribution is 2.15. The molecule has 13 heavy (non-hydrogen) atoms. The molecule has 0 aliphatic rings. The second-order valence-electron chi connectivity index (χ2n) is 3.79. The zero-order valence-electron chi connectivity index (χ0n) is 9.65. The van der Waals surface area contributed by atoms with Gasteiger partial charge >= 0.3 is 0 Å². The number of hydrogen-bond donors (Lipinski definition) is 0. The van der Waals surface area contributed by atoms with Crippen LogP contribution in [0, 0.1) is 34.6 Å². The van der Waals surface area contributed by atoms with E-state index in [1.165, 1.54) is 28.1 Å². The minimum absolute atomic E-state index is 1.07. The summed E-state index contributed by atoms with van der Waals surface area (Å²) in [6, 6.07) is 0. The molecule has 0 radical (unpaired) electrons. The van der Waals surface area contributed by atoms with Gasteiger partial charge in [0.1, 0.15) is 6.54 Å². The summed E-state index contributed by atoms with van der Waals surface area (Å²) in [7, 11) is 0. The van der Waals surface area contributed by atoms with E-state index in [1.54, 1.807) is 0 Å². The Balaban J connectivity index is 3.56. The van der Waals surface area contributed by atoms with Crippen LogP contribution in [0.4, 0.5) is 0 Å². The molecular formula is C12H20N+. The summed E-state index contributed by atoms with van der Waals surface area (Å²) >= 11 is 0. The Kier molecular flexibility index (Phi) is 2.74. The molecule has 0 fully saturated rings. The van der Waals surface area contributed by atoms with Crippen LogP contribution in [0.5, 0.6) is 0 Å². The highest BCUT2D eigenvalue weighted by atomic mass is 15.0. The van der Waals surface area contributed by atoms with Crippen molar-refractivity contribution < 1.29 is 4.57 Å². The lowest BCUT2D eigenvalue weighted by atomic mass is 10.0. The van der Waals surface area contributed by atoms with Gasteiger partial charge < -0.3 is 0 Å². The first-order valence-corrected chi connectivity index (χ1v) is 4.97. The lowest BCUT2D eigenvalue weighted by Crippen LogP contribution is -2.41. The number of nitrogens with zero attached hydrogens (tertiary/aromatic N) is 1. The molecule has 1 aromatic heterocycles. The largest absolute Gasteiger partial charge is 0.200 e. The summed E-state index contributed by atoms with van der Waals surface area (Å²) < 4.78 is 2.39. The molecule has 0 spiro atoms. The fourth-order valence-electron chi connectivity index (χ4n) is 1.95. The standard InChI is InChI=1S/C12H20N/c1-7-13-11(5)9(3)8(2)10(4)12(13)6/h7H2,1-6H3/q+1. The van der Waals surface area contributed by atoms with Gasteiger partial charge in [0.05, 0.1) is 0 Å². The van der Waals surface area contributed by atoms with E-state index in [0.29, 0.717) is 0 Å². The average molecular weight is 178 g/mol. The molecule has 1 heteroatoms.